The Balaban J connectivity index is 1.85. The van der Waals surface area contributed by atoms with Gasteiger partial charge in [-0.25, -0.2) is 13.6 Å². The van der Waals surface area contributed by atoms with E-state index in [2.05, 4.69) is 15.1 Å². The van der Waals surface area contributed by atoms with Crippen LogP contribution in [0.15, 0.2) is 12.1 Å². The molecule has 2 aliphatic heterocycles. The molecule has 0 amide bonds. The lowest BCUT2D eigenvalue weighted by Gasteiger charge is -2.42. The molecule has 0 spiro atoms. The Morgan fingerprint density at radius 2 is 2.25 bits per heavy atom. The largest absolute Gasteiger partial charge is 0.370 e. The summed E-state index contributed by atoms with van der Waals surface area (Å²) in [5.41, 5.74) is -0.275. The maximum atomic E-state index is 14.2. The minimum atomic E-state index is -0.822. The first kappa shape index (κ1) is 13.4. The van der Waals surface area contributed by atoms with Crippen molar-refractivity contribution in [3.05, 3.63) is 40.7 Å². The molecule has 3 rings (SSSR count). The van der Waals surface area contributed by atoms with E-state index in [1.165, 1.54) is 6.07 Å². The molecule has 1 aromatic rings. The van der Waals surface area contributed by atoms with E-state index in [1.54, 1.807) is 0 Å². The second-order valence-electron chi connectivity index (χ2n) is 5.09. The highest BCUT2D eigenvalue weighted by molar-refractivity contribution is 5.50. The molecule has 1 aromatic carbocycles. The second kappa shape index (κ2) is 5.44. The summed E-state index contributed by atoms with van der Waals surface area (Å²) in [7, 11) is 0. The summed E-state index contributed by atoms with van der Waals surface area (Å²) in [6.45, 7) is 10.6. The summed E-state index contributed by atoms with van der Waals surface area (Å²) < 4.78 is 33.2. The number of nitrogens with one attached hydrogen (secondary N) is 1. The lowest BCUT2D eigenvalue weighted by Crippen LogP contribution is -2.57. The highest BCUT2D eigenvalue weighted by Gasteiger charge is 2.33. The van der Waals surface area contributed by atoms with Crippen LogP contribution in [-0.2, 0) is 4.74 Å². The maximum Gasteiger partial charge on any atom is 0.257 e. The van der Waals surface area contributed by atoms with Gasteiger partial charge in [-0.2, -0.15) is 0 Å². The number of fused-ring (bicyclic) bond motifs is 1. The predicted octanol–water partition coefficient (Wildman–Crippen LogP) is 1.86. The van der Waals surface area contributed by atoms with Crippen LogP contribution in [0.5, 0.6) is 0 Å². The van der Waals surface area contributed by atoms with Crippen molar-refractivity contribution < 1.29 is 13.5 Å². The highest BCUT2D eigenvalue weighted by atomic mass is 19.1. The van der Waals surface area contributed by atoms with E-state index >= 15 is 0 Å². The van der Waals surface area contributed by atoms with E-state index in [9.17, 15) is 8.78 Å². The average Bonchev–Trinajstić information content (AvgIpc) is 2.47. The Kier molecular flexibility index (Phi) is 3.66. The number of piperazine rings is 1. The van der Waals surface area contributed by atoms with Crippen molar-refractivity contribution in [2.24, 2.45) is 0 Å². The third-order valence-corrected chi connectivity index (χ3v) is 3.92. The van der Waals surface area contributed by atoms with Crippen LogP contribution in [0.3, 0.4) is 0 Å². The van der Waals surface area contributed by atoms with Gasteiger partial charge in [-0.3, -0.25) is 4.90 Å². The lowest BCUT2D eigenvalue weighted by atomic mass is 10.0. The fourth-order valence-corrected chi connectivity index (χ4v) is 2.80. The minimum absolute atomic E-state index is 0.273. The molecule has 2 aliphatic rings. The summed E-state index contributed by atoms with van der Waals surface area (Å²) in [6.07, 6.45) is -0.439. The molecule has 0 saturated carbocycles. The van der Waals surface area contributed by atoms with E-state index in [1.807, 2.05) is 0 Å². The van der Waals surface area contributed by atoms with Crippen LogP contribution in [0.2, 0.25) is 0 Å². The number of nitrogens with zero attached hydrogens (tertiary/aromatic N) is 2. The molecule has 2 atom stereocenters. The molecule has 0 aromatic heterocycles. The average molecular weight is 279 g/mol. The Morgan fingerprint density at radius 3 is 3.05 bits per heavy atom. The topological polar surface area (TPSA) is 28.9 Å². The molecule has 106 valence electrons. The second-order valence-corrected chi connectivity index (χ2v) is 5.09. The highest BCUT2D eigenvalue weighted by Crippen LogP contribution is 2.32. The minimum Gasteiger partial charge on any atom is -0.370 e. The number of hydrogen-bond acceptors (Lipinski definition) is 3. The molecule has 0 radical (unpaired) electrons. The molecule has 0 aliphatic carbocycles. The van der Waals surface area contributed by atoms with Crippen molar-refractivity contribution in [3.8, 4) is 0 Å². The van der Waals surface area contributed by atoms with E-state index in [0.29, 0.717) is 19.2 Å². The van der Waals surface area contributed by atoms with Gasteiger partial charge in [0.1, 0.15) is 11.6 Å². The number of morpholine rings is 1. The number of ether oxygens (including phenoxy) is 1. The third-order valence-electron chi connectivity index (χ3n) is 3.92. The smallest absolute Gasteiger partial charge is 0.257 e. The van der Waals surface area contributed by atoms with Gasteiger partial charge in [0.25, 0.3) is 5.69 Å². The molecule has 6 heteroatoms. The van der Waals surface area contributed by atoms with Gasteiger partial charge in [-0.1, -0.05) is 6.07 Å². The summed E-state index contributed by atoms with van der Waals surface area (Å²) in [6, 6.07) is 2.83. The zero-order valence-corrected chi connectivity index (χ0v) is 10.9. The first-order valence-corrected chi connectivity index (χ1v) is 6.62. The summed E-state index contributed by atoms with van der Waals surface area (Å²) >= 11 is 0. The van der Waals surface area contributed by atoms with Gasteiger partial charge in [0.2, 0.25) is 0 Å². The van der Waals surface area contributed by atoms with Crippen LogP contribution in [0.25, 0.3) is 4.85 Å². The number of benzene rings is 1. The van der Waals surface area contributed by atoms with Crippen LogP contribution in [0.1, 0.15) is 11.7 Å². The Hall–Kier alpha value is -1.55. The fraction of sp³-hybridized carbons (Fsp3) is 0.500. The SMILES string of the molecule is [C-]#[N+]c1c(F)ccc([C@H]2CN3CCNC[C@@H]3CO2)c1F. The van der Waals surface area contributed by atoms with Crippen LogP contribution >= 0.6 is 0 Å². The van der Waals surface area contributed by atoms with Gasteiger partial charge >= 0.3 is 0 Å². The third kappa shape index (κ3) is 2.29. The van der Waals surface area contributed by atoms with Crippen LogP contribution in [-0.4, -0.2) is 43.7 Å². The van der Waals surface area contributed by atoms with E-state index in [4.69, 9.17) is 11.3 Å². The van der Waals surface area contributed by atoms with Crippen molar-refractivity contribution in [3.63, 3.8) is 0 Å². The van der Waals surface area contributed by atoms with E-state index in [-0.39, 0.29) is 5.56 Å². The maximum absolute atomic E-state index is 14.2. The molecule has 2 saturated heterocycles. The summed E-state index contributed by atoms with van der Waals surface area (Å²) in [5, 5.41) is 3.29. The van der Waals surface area contributed by atoms with Crippen molar-refractivity contribution >= 4 is 5.69 Å². The van der Waals surface area contributed by atoms with Crippen molar-refractivity contribution in [1.82, 2.24) is 10.2 Å². The van der Waals surface area contributed by atoms with Crippen LogP contribution in [0.4, 0.5) is 14.5 Å². The zero-order valence-electron chi connectivity index (χ0n) is 10.9. The van der Waals surface area contributed by atoms with Gasteiger partial charge in [0.05, 0.1) is 19.3 Å². The molecule has 2 heterocycles. The molecule has 0 unspecified atom stereocenters. The Bertz CT molecular complexity index is 558. The first-order valence-electron chi connectivity index (χ1n) is 6.62. The normalized spacial score (nSPS) is 26.9. The van der Waals surface area contributed by atoms with Gasteiger partial charge < -0.3 is 10.1 Å². The van der Waals surface area contributed by atoms with Gasteiger partial charge in [-0.05, 0) is 6.07 Å². The Morgan fingerprint density at radius 1 is 1.40 bits per heavy atom. The summed E-state index contributed by atoms with van der Waals surface area (Å²) in [5.74, 6) is -1.62. The fourth-order valence-electron chi connectivity index (χ4n) is 2.80. The number of hydrogen-bond donors (Lipinski definition) is 1. The monoisotopic (exact) mass is 279 g/mol. The first-order chi connectivity index (χ1) is 9.70. The number of halogens is 2. The lowest BCUT2D eigenvalue weighted by molar-refractivity contribution is -0.0729. The van der Waals surface area contributed by atoms with Crippen LogP contribution < -0.4 is 5.32 Å². The van der Waals surface area contributed by atoms with Crippen molar-refractivity contribution in [2.45, 2.75) is 12.1 Å². The summed E-state index contributed by atoms with van der Waals surface area (Å²) in [4.78, 5) is 5.18. The predicted molar refractivity (Wildman–Crippen MR) is 69.5 cm³/mol. The zero-order chi connectivity index (χ0) is 14.1. The van der Waals surface area contributed by atoms with Crippen LogP contribution in [0, 0.1) is 18.2 Å². The molecule has 4 nitrogen and oxygen atoms in total. The van der Waals surface area contributed by atoms with Gasteiger partial charge in [-0.15, -0.1) is 0 Å². The molecular weight excluding hydrogens is 264 g/mol. The quantitative estimate of drug-likeness (QED) is 0.796. The number of rotatable bonds is 1. The van der Waals surface area contributed by atoms with Gasteiger partial charge in [0, 0.05) is 37.8 Å². The molecular formula is C14H15F2N3O. The van der Waals surface area contributed by atoms with Gasteiger partial charge in [0.15, 0.2) is 0 Å². The van der Waals surface area contributed by atoms with E-state index in [0.717, 1.165) is 25.7 Å². The molecule has 0 bridgehead atoms. The standard InChI is InChI=1S/C14H15F2N3O/c1-17-14-11(15)3-2-10(13(14)16)12-7-19-5-4-18-6-9(19)8-20-12/h2-3,9,12,18H,4-8H2/t9-,12-/m1/s1. The van der Waals surface area contributed by atoms with E-state index < -0.39 is 23.4 Å². The van der Waals surface area contributed by atoms with Crippen molar-refractivity contribution in [1.29, 1.82) is 0 Å². The Labute approximate surface area is 116 Å². The molecule has 20 heavy (non-hydrogen) atoms. The molecule has 2 fully saturated rings. The molecule has 1 N–H and O–H groups in total. The van der Waals surface area contributed by atoms with Crippen molar-refractivity contribution in [2.75, 3.05) is 32.8 Å².